The molecule has 4 rings (SSSR count). The van der Waals surface area contributed by atoms with Crippen molar-refractivity contribution in [3.8, 4) is 0 Å². The molecule has 8 nitrogen and oxygen atoms in total. The van der Waals surface area contributed by atoms with Gasteiger partial charge in [0.25, 0.3) is 0 Å². The Labute approximate surface area is 205 Å². The number of thioether (sulfide) groups is 2. The molecule has 33 heavy (non-hydrogen) atoms. The van der Waals surface area contributed by atoms with Crippen molar-refractivity contribution < 1.29 is 9.47 Å². The Kier molecular flexibility index (Phi) is 9.46. The topological polar surface area (TPSA) is 76.5 Å². The number of hydrogen-bond donors (Lipinski definition) is 0. The zero-order chi connectivity index (χ0) is 22.9. The third-order valence-corrected chi connectivity index (χ3v) is 7.43. The van der Waals surface area contributed by atoms with E-state index in [2.05, 4.69) is 31.9 Å². The van der Waals surface area contributed by atoms with Crippen LogP contribution in [0.1, 0.15) is 30.7 Å². The highest BCUT2D eigenvalue weighted by Gasteiger charge is 2.15. The van der Waals surface area contributed by atoms with Gasteiger partial charge in [0.15, 0.2) is 10.3 Å². The van der Waals surface area contributed by atoms with Crippen LogP contribution >= 0.6 is 23.5 Å². The second-order valence-electron chi connectivity index (χ2n) is 8.26. The molecule has 0 aliphatic carbocycles. The first-order valence-electron chi connectivity index (χ1n) is 11.8. The second-order valence-corrected chi connectivity index (χ2v) is 10.4. The highest BCUT2D eigenvalue weighted by atomic mass is 32.2. The van der Waals surface area contributed by atoms with Crippen LogP contribution in [0.25, 0.3) is 0 Å². The largest absolute Gasteiger partial charge is 0.378 e. The number of anilines is 2. The van der Waals surface area contributed by atoms with Crippen LogP contribution in [0.3, 0.4) is 0 Å². The van der Waals surface area contributed by atoms with Crippen LogP contribution in [0.5, 0.6) is 0 Å². The molecule has 2 aromatic heterocycles. The monoisotopic (exact) mass is 490 g/mol. The fourth-order valence-electron chi connectivity index (χ4n) is 3.80. The van der Waals surface area contributed by atoms with Crippen molar-refractivity contribution in [2.45, 2.75) is 43.4 Å². The van der Waals surface area contributed by atoms with Gasteiger partial charge in [-0.25, -0.2) is 19.9 Å². The maximum Gasteiger partial charge on any atom is 0.189 e. The normalized spacial score (nSPS) is 16.9. The Hall–Kier alpha value is -1.62. The maximum atomic E-state index is 5.45. The van der Waals surface area contributed by atoms with Gasteiger partial charge in [0.1, 0.15) is 11.6 Å². The van der Waals surface area contributed by atoms with Gasteiger partial charge < -0.3 is 19.3 Å². The molecule has 0 unspecified atom stereocenters. The number of hydrogen-bond acceptors (Lipinski definition) is 10. The van der Waals surface area contributed by atoms with E-state index in [1.165, 1.54) is 6.42 Å². The number of aryl methyl sites for hydroxylation is 2. The second kappa shape index (κ2) is 12.7. The quantitative estimate of drug-likeness (QED) is 0.280. The number of aromatic nitrogens is 4. The SMILES string of the molecule is Cc1cc(N2CCOCC2)nc(SCCCCCSc2nc(C)cc(N3CCOCC3)n2)n1. The van der Waals surface area contributed by atoms with E-state index < -0.39 is 0 Å². The van der Waals surface area contributed by atoms with E-state index in [1.807, 2.05) is 13.8 Å². The molecule has 0 amide bonds. The van der Waals surface area contributed by atoms with Gasteiger partial charge in [-0.05, 0) is 26.7 Å². The maximum absolute atomic E-state index is 5.45. The van der Waals surface area contributed by atoms with Crippen LogP contribution in [0, 0.1) is 13.8 Å². The van der Waals surface area contributed by atoms with Crippen molar-refractivity contribution >= 4 is 35.2 Å². The fourth-order valence-corrected chi connectivity index (χ4v) is 5.59. The highest BCUT2D eigenvalue weighted by molar-refractivity contribution is 7.99. The lowest BCUT2D eigenvalue weighted by Crippen LogP contribution is -2.36. The van der Waals surface area contributed by atoms with Gasteiger partial charge in [-0.3, -0.25) is 0 Å². The van der Waals surface area contributed by atoms with Crippen molar-refractivity contribution in [2.24, 2.45) is 0 Å². The van der Waals surface area contributed by atoms with E-state index in [1.54, 1.807) is 23.5 Å². The summed E-state index contributed by atoms with van der Waals surface area (Å²) in [5.41, 5.74) is 2.06. The zero-order valence-corrected chi connectivity index (χ0v) is 21.3. The number of rotatable bonds is 10. The van der Waals surface area contributed by atoms with Crippen LogP contribution in [-0.2, 0) is 9.47 Å². The summed E-state index contributed by atoms with van der Waals surface area (Å²) in [6, 6.07) is 4.15. The fraction of sp³-hybridized carbons (Fsp3) is 0.652. The van der Waals surface area contributed by atoms with E-state index in [4.69, 9.17) is 19.4 Å². The van der Waals surface area contributed by atoms with Crippen LogP contribution in [0.15, 0.2) is 22.4 Å². The Morgan fingerprint density at radius 2 is 1.09 bits per heavy atom. The summed E-state index contributed by atoms with van der Waals surface area (Å²) in [4.78, 5) is 23.4. The van der Waals surface area contributed by atoms with Crippen molar-refractivity contribution in [3.05, 3.63) is 23.5 Å². The zero-order valence-electron chi connectivity index (χ0n) is 19.7. The Morgan fingerprint density at radius 3 is 1.52 bits per heavy atom. The Morgan fingerprint density at radius 1 is 0.667 bits per heavy atom. The third kappa shape index (κ3) is 7.70. The number of nitrogens with zero attached hydrogens (tertiary/aromatic N) is 6. The number of unbranched alkanes of at least 4 members (excludes halogenated alkanes) is 2. The predicted molar refractivity (Wildman–Crippen MR) is 135 cm³/mol. The molecular weight excluding hydrogens is 456 g/mol. The smallest absolute Gasteiger partial charge is 0.189 e. The lowest BCUT2D eigenvalue weighted by molar-refractivity contribution is 0.122. The van der Waals surface area contributed by atoms with E-state index >= 15 is 0 Å². The third-order valence-electron chi connectivity index (χ3n) is 5.56. The molecular formula is C23H34N6O2S2. The molecule has 2 saturated heterocycles. The molecule has 0 spiro atoms. The predicted octanol–water partition coefficient (Wildman–Crippen LogP) is 3.61. The van der Waals surface area contributed by atoms with Gasteiger partial charge in [-0.15, -0.1) is 0 Å². The van der Waals surface area contributed by atoms with Crippen LogP contribution in [-0.4, -0.2) is 84.0 Å². The standard InChI is InChI=1S/C23H34N6O2S2/c1-18-16-20(28-6-10-30-11-7-28)26-22(24-18)32-14-4-3-5-15-33-23-25-19(2)17-21(27-23)29-8-12-31-13-9-29/h16-17H,3-15H2,1-2H3. The lowest BCUT2D eigenvalue weighted by Gasteiger charge is -2.28. The summed E-state index contributed by atoms with van der Waals surface area (Å²) < 4.78 is 10.9. The lowest BCUT2D eigenvalue weighted by atomic mass is 10.3. The van der Waals surface area contributed by atoms with Gasteiger partial charge in [0.2, 0.25) is 0 Å². The first-order chi connectivity index (χ1) is 16.2. The summed E-state index contributed by atoms with van der Waals surface area (Å²) in [5.74, 6) is 4.14. The molecule has 180 valence electrons. The van der Waals surface area contributed by atoms with Crippen LogP contribution in [0.4, 0.5) is 11.6 Å². The minimum absolute atomic E-state index is 0.770. The molecule has 2 aromatic rings. The van der Waals surface area contributed by atoms with E-state index in [9.17, 15) is 0 Å². The molecule has 0 radical (unpaired) electrons. The van der Waals surface area contributed by atoms with Gasteiger partial charge in [0.05, 0.1) is 26.4 Å². The van der Waals surface area contributed by atoms with E-state index in [0.717, 1.165) is 110 Å². The first kappa shape index (κ1) is 24.5. The first-order valence-corrected chi connectivity index (χ1v) is 13.8. The molecule has 0 saturated carbocycles. The van der Waals surface area contributed by atoms with Gasteiger partial charge in [0, 0.05) is 61.2 Å². The molecule has 0 atom stereocenters. The summed E-state index contributed by atoms with van der Waals surface area (Å²) >= 11 is 3.52. The van der Waals surface area contributed by atoms with E-state index in [0.29, 0.717) is 0 Å². The number of ether oxygens (including phenoxy) is 2. The molecule has 0 N–H and O–H groups in total. The van der Waals surface area contributed by atoms with Crippen molar-refractivity contribution in [1.82, 2.24) is 19.9 Å². The summed E-state index contributed by atoms with van der Waals surface area (Å²) in [6.07, 6.45) is 3.50. The van der Waals surface area contributed by atoms with Crippen molar-refractivity contribution in [2.75, 3.05) is 73.9 Å². The summed E-state index contributed by atoms with van der Waals surface area (Å²) in [6.45, 7) is 10.8. The van der Waals surface area contributed by atoms with Gasteiger partial charge in [-0.2, -0.15) is 0 Å². The van der Waals surface area contributed by atoms with E-state index in [-0.39, 0.29) is 0 Å². The molecule has 2 aliphatic rings. The molecule has 2 aliphatic heterocycles. The van der Waals surface area contributed by atoms with Crippen LogP contribution in [0.2, 0.25) is 0 Å². The molecule has 2 fully saturated rings. The number of morpholine rings is 2. The Balaban J connectivity index is 1.16. The summed E-state index contributed by atoms with van der Waals surface area (Å²) in [5, 5.41) is 1.77. The average molecular weight is 491 g/mol. The van der Waals surface area contributed by atoms with Crippen molar-refractivity contribution in [1.29, 1.82) is 0 Å². The molecule has 0 bridgehead atoms. The Bertz CT molecular complexity index is 820. The van der Waals surface area contributed by atoms with Crippen molar-refractivity contribution in [3.63, 3.8) is 0 Å². The minimum Gasteiger partial charge on any atom is -0.378 e. The molecule has 0 aromatic carbocycles. The van der Waals surface area contributed by atoms with Gasteiger partial charge in [-0.1, -0.05) is 29.9 Å². The summed E-state index contributed by atoms with van der Waals surface area (Å²) in [7, 11) is 0. The molecule has 4 heterocycles. The molecule has 10 heteroatoms. The van der Waals surface area contributed by atoms with Gasteiger partial charge >= 0.3 is 0 Å². The minimum atomic E-state index is 0.770. The van der Waals surface area contributed by atoms with Crippen LogP contribution < -0.4 is 9.80 Å². The highest BCUT2D eigenvalue weighted by Crippen LogP contribution is 2.23. The average Bonchev–Trinajstić information content (AvgIpc) is 2.84.